The van der Waals surface area contributed by atoms with Crippen molar-refractivity contribution in [3.8, 4) is 22.3 Å². The highest BCUT2D eigenvalue weighted by Crippen LogP contribution is 2.35. The van der Waals surface area contributed by atoms with Crippen molar-refractivity contribution >= 4 is 27.7 Å². The Morgan fingerprint density at radius 1 is 0.842 bits per heavy atom. The van der Waals surface area contributed by atoms with Gasteiger partial charge in [0, 0.05) is 20.5 Å². The summed E-state index contributed by atoms with van der Waals surface area (Å²) in [6.45, 7) is 0. The van der Waals surface area contributed by atoms with E-state index in [9.17, 15) is 4.79 Å². The molecule has 0 radical (unpaired) electrons. The van der Waals surface area contributed by atoms with Crippen LogP contribution in [-0.4, -0.2) is 6.26 Å². The molecular weight excluding hydrogens is 317 g/mol. The largest absolute Gasteiger partial charge is 0.289 e. The van der Waals surface area contributed by atoms with E-state index in [2.05, 4.69) is 28.1 Å². The van der Waals surface area contributed by atoms with Crippen molar-refractivity contribution in [2.45, 2.75) is 4.90 Å². The molecule has 0 aromatic heterocycles. The summed E-state index contributed by atoms with van der Waals surface area (Å²) in [6.07, 6.45) is 2.05. The van der Waals surface area contributed by atoms with Gasteiger partial charge < -0.3 is 0 Å². The van der Waals surface area contributed by atoms with Gasteiger partial charge in [0.25, 0.3) is 0 Å². The number of hydrogen-bond acceptors (Lipinski definition) is 2. The first-order valence-electron chi connectivity index (χ1n) is 5.90. The molecule has 19 heavy (non-hydrogen) atoms. The molecule has 94 valence electrons. The van der Waals surface area contributed by atoms with Gasteiger partial charge in [0.05, 0.1) is 0 Å². The Bertz CT molecular complexity index is 719. The second-order valence-corrected chi connectivity index (χ2v) is 6.11. The minimum absolute atomic E-state index is 0.166. The fourth-order valence-electron chi connectivity index (χ4n) is 2.10. The van der Waals surface area contributed by atoms with Gasteiger partial charge in [-0.15, -0.1) is 11.8 Å². The summed E-state index contributed by atoms with van der Waals surface area (Å²) < 4.78 is 1.02. The Morgan fingerprint density at radius 3 is 1.79 bits per heavy atom. The van der Waals surface area contributed by atoms with Crippen LogP contribution in [0, 0.1) is 0 Å². The van der Waals surface area contributed by atoms with Crippen molar-refractivity contribution in [3.63, 3.8) is 0 Å². The van der Waals surface area contributed by atoms with Gasteiger partial charge in [-0.3, -0.25) is 4.79 Å². The van der Waals surface area contributed by atoms with Gasteiger partial charge in [0.1, 0.15) is 0 Å². The van der Waals surface area contributed by atoms with E-state index in [1.54, 1.807) is 11.8 Å². The molecule has 3 aromatic carbocycles. The van der Waals surface area contributed by atoms with E-state index in [-0.39, 0.29) is 5.43 Å². The van der Waals surface area contributed by atoms with Gasteiger partial charge in [-0.2, -0.15) is 0 Å². The zero-order valence-corrected chi connectivity index (χ0v) is 12.7. The monoisotopic (exact) mass is 328 g/mol. The lowest BCUT2D eigenvalue weighted by atomic mass is 10.1. The fourth-order valence-corrected chi connectivity index (χ4v) is 2.77. The summed E-state index contributed by atoms with van der Waals surface area (Å²) in [5, 5.41) is 0. The second kappa shape index (κ2) is 4.99. The van der Waals surface area contributed by atoms with Crippen LogP contribution in [0.15, 0.2) is 62.7 Å². The standard InChI is InChI=1S/C16H11BrOS/c1-19-13-8-4-11(5-9-13)15-14(16(15)18)10-2-6-12(17)7-3-10/h2-9H,1H3/i17-3. The average molecular weight is 328 g/mol. The van der Waals surface area contributed by atoms with Crippen LogP contribution in [0.3, 0.4) is 0 Å². The molecule has 0 amide bonds. The van der Waals surface area contributed by atoms with Crippen LogP contribution >= 0.6 is 27.7 Å². The first-order chi connectivity index (χ1) is 9.20. The Morgan fingerprint density at radius 2 is 1.32 bits per heavy atom. The molecule has 0 aliphatic carbocycles. The van der Waals surface area contributed by atoms with Gasteiger partial charge in [0.2, 0.25) is 0 Å². The lowest BCUT2D eigenvalue weighted by molar-refractivity contribution is 1.47. The van der Waals surface area contributed by atoms with Crippen molar-refractivity contribution < 1.29 is 0 Å². The molecule has 1 nitrogen and oxygen atoms in total. The summed E-state index contributed by atoms with van der Waals surface area (Å²) in [6, 6.07) is 16.0. The molecule has 3 aromatic rings. The molecule has 0 bridgehead atoms. The van der Waals surface area contributed by atoms with Gasteiger partial charge in [-0.25, -0.2) is 0 Å². The summed E-state index contributed by atoms with van der Waals surface area (Å²) in [5.41, 5.74) is 3.89. The SMILES string of the molecule is CSc1ccc(-c2c(-c3ccc([77Br])cc3)c2=O)cc1. The predicted octanol–water partition coefficient (Wildman–Crippen LogP) is 4.74. The van der Waals surface area contributed by atoms with Gasteiger partial charge in [0.15, 0.2) is 5.43 Å². The van der Waals surface area contributed by atoms with Crippen LogP contribution in [0.4, 0.5) is 0 Å². The van der Waals surface area contributed by atoms with Crippen LogP contribution in [0.1, 0.15) is 0 Å². The number of rotatable bonds is 3. The topological polar surface area (TPSA) is 17.1 Å². The van der Waals surface area contributed by atoms with E-state index >= 15 is 0 Å². The maximum atomic E-state index is 12.0. The van der Waals surface area contributed by atoms with E-state index in [4.69, 9.17) is 0 Å². The minimum Gasteiger partial charge on any atom is -0.289 e. The third-order valence-corrected chi connectivity index (χ3v) is 4.43. The maximum Gasteiger partial charge on any atom is 0.195 e. The van der Waals surface area contributed by atoms with Crippen LogP contribution < -0.4 is 5.43 Å². The molecule has 0 saturated carbocycles. The lowest BCUT2D eigenvalue weighted by Crippen LogP contribution is -1.78. The Labute approximate surface area is 124 Å². The van der Waals surface area contributed by atoms with Gasteiger partial charge in [-0.05, 0) is 41.6 Å². The van der Waals surface area contributed by atoms with Crippen molar-refractivity contribution in [2.75, 3.05) is 6.26 Å². The molecule has 0 fully saturated rings. The lowest BCUT2D eigenvalue weighted by Gasteiger charge is -1.97. The molecule has 0 saturated heterocycles. The van der Waals surface area contributed by atoms with E-state index < -0.39 is 0 Å². The molecule has 0 aliphatic heterocycles. The van der Waals surface area contributed by atoms with E-state index in [1.807, 2.05) is 42.7 Å². The van der Waals surface area contributed by atoms with Crippen molar-refractivity contribution in [1.29, 1.82) is 0 Å². The van der Waals surface area contributed by atoms with E-state index in [0.717, 1.165) is 26.7 Å². The van der Waals surface area contributed by atoms with E-state index in [1.165, 1.54) is 4.90 Å². The third-order valence-electron chi connectivity index (χ3n) is 3.15. The molecule has 0 unspecified atom stereocenters. The fraction of sp³-hybridized carbons (Fsp3) is 0.0625. The molecule has 3 heteroatoms. The smallest absolute Gasteiger partial charge is 0.195 e. The highest BCUT2D eigenvalue weighted by molar-refractivity contribution is 9.10. The first kappa shape index (κ1) is 12.7. The highest BCUT2D eigenvalue weighted by atomic mass is 76.9. The first-order valence-corrected chi connectivity index (χ1v) is 7.92. The summed E-state index contributed by atoms with van der Waals surface area (Å²) in [7, 11) is 0. The predicted molar refractivity (Wildman–Crippen MR) is 85.4 cm³/mol. The summed E-state index contributed by atoms with van der Waals surface area (Å²) in [4.78, 5) is 13.2. The molecule has 3 rings (SSSR count). The Hall–Kier alpha value is -1.32. The third kappa shape index (κ3) is 2.40. The zero-order chi connectivity index (χ0) is 13.4. The number of thioether (sulfide) groups is 1. The molecule has 0 aliphatic rings. The summed E-state index contributed by atoms with van der Waals surface area (Å²) >= 11 is 5.11. The highest BCUT2D eigenvalue weighted by Gasteiger charge is 2.24. The Balaban J connectivity index is 1.96. The number of benzene rings is 2. The Kier molecular flexibility index (Phi) is 3.33. The second-order valence-electron chi connectivity index (χ2n) is 4.31. The quantitative estimate of drug-likeness (QED) is 0.646. The number of halogens is 1. The molecule has 0 atom stereocenters. The van der Waals surface area contributed by atoms with Gasteiger partial charge in [-0.1, -0.05) is 40.2 Å². The summed E-state index contributed by atoms with van der Waals surface area (Å²) in [5.74, 6) is 0. The molecular formula is C16H11BrOS. The molecule has 0 spiro atoms. The van der Waals surface area contributed by atoms with Crippen LogP contribution in [-0.2, 0) is 0 Å². The van der Waals surface area contributed by atoms with Crippen LogP contribution in [0.2, 0.25) is 0 Å². The molecule has 0 heterocycles. The van der Waals surface area contributed by atoms with Crippen molar-refractivity contribution in [2.24, 2.45) is 0 Å². The van der Waals surface area contributed by atoms with E-state index in [0.29, 0.717) is 0 Å². The number of hydrogen-bond donors (Lipinski definition) is 0. The molecule has 0 N–H and O–H groups in total. The van der Waals surface area contributed by atoms with Crippen LogP contribution in [0.25, 0.3) is 22.3 Å². The normalized spacial score (nSPS) is 11.1. The average Bonchev–Trinajstić information content (AvgIpc) is 3.11. The van der Waals surface area contributed by atoms with Crippen molar-refractivity contribution in [3.05, 3.63) is 63.2 Å². The van der Waals surface area contributed by atoms with Crippen LogP contribution in [0.5, 0.6) is 0 Å². The van der Waals surface area contributed by atoms with Crippen molar-refractivity contribution in [1.82, 2.24) is 0 Å². The van der Waals surface area contributed by atoms with Gasteiger partial charge >= 0.3 is 0 Å². The zero-order valence-electron chi connectivity index (χ0n) is 10.3. The minimum atomic E-state index is 0.166. The maximum absolute atomic E-state index is 12.0.